The minimum Gasteiger partial charge on any atom is -0.493 e. The molecule has 0 bridgehead atoms. The molecule has 0 saturated carbocycles. The molecule has 0 heterocycles. The number of halogens is 2. The first kappa shape index (κ1) is 17.6. The van der Waals surface area contributed by atoms with E-state index in [0.717, 1.165) is 20.2 Å². The molecule has 23 heavy (non-hydrogen) atoms. The lowest BCUT2D eigenvalue weighted by molar-refractivity contribution is -0.111. The minimum absolute atomic E-state index is 0.220. The zero-order valence-electron chi connectivity index (χ0n) is 12.6. The third kappa shape index (κ3) is 4.59. The number of hydrogen-bond donors (Lipinski definition) is 1. The van der Waals surface area contributed by atoms with Crippen LogP contribution in [0.25, 0.3) is 6.08 Å². The predicted molar refractivity (Wildman–Crippen MR) is 99.1 cm³/mol. The quantitative estimate of drug-likeness (QED) is 0.674. The number of para-hydroxylation sites is 1. The number of nitrogens with one attached hydrogen (secondary N) is 1. The van der Waals surface area contributed by atoms with E-state index in [1.165, 1.54) is 6.08 Å². The molecule has 120 valence electrons. The molecule has 0 aromatic heterocycles. The lowest BCUT2D eigenvalue weighted by Gasteiger charge is -2.10. The van der Waals surface area contributed by atoms with Gasteiger partial charge in [-0.05, 0) is 67.8 Å². The van der Waals surface area contributed by atoms with Crippen molar-refractivity contribution in [3.63, 3.8) is 0 Å². The Morgan fingerprint density at radius 1 is 1.09 bits per heavy atom. The standard InChI is InChI=1S/C17H15Br2NO3/c1-22-15-10-11(9-13(19)17(15)23-2)7-8-16(21)20-14-6-4-3-5-12(14)18/h3-10H,1-2H3,(H,20,21). The number of benzene rings is 2. The van der Waals surface area contributed by atoms with Crippen LogP contribution in [0.5, 0.6) is 11.5 Å². The molecule has 0 unspecified atom stereocenters. The number of hydrogen-bond acceptors (Lipinski definition) is 3. The number of rotatable bonds is 5. The van der Waals surface area contributed by atoms with Crippen molar-refractivity contribution in [1.29, 1.82) is 0 Å². The molecule has 0 saturated heterocycles. The Labute approximate surface area is 151 Å². The monoisotopic (exact) mass is 439 g/mol. The molecule has 0 aliphatic rings. The van der Waals surface area contributed by atoms with Crippen molar-refractivity contribution in [2.24, 2.45) is 0 Å². The zero-order chi connectivity index (χ0) is 16.8. The average Bonchev–Trinajstić information content (AvgIpc) is 2.54. The van der Waals surface area contributed by atoms with Gasteiger partial charge in [-0.25, -0.2) is 0 Å². The van der Waals surface area contributed by atoms with Crippen LogP contribution in [0.15, 0.2) is 51.4 Å². The largest absolute Gasteiger partial charge is 0.493 e. The highest BCUT2D eigenvalue weighted by Crippen LogP contribution is 2.36. The molecule has 6 heteroatoms. The Kier molecular flexibility index (Phi) is 6.24. The van der Waals surface area contributed by atoms with Gasteiger partial charge in [-0.15, -0.1) is 0 Å². The molecule has 0 aliphatic carbocycles. The molecule has 0 spiro atoms. The molecule has 2 aromatic carbocycles. The van der Waals surface area contributed by atoms with Gasteiger partial charge in [0.25, 0.3) is 0 Å². The van der Waals surface area contributed by atoms with Gasteiger partial charge in [-0.3, -0.25) is 4.79 Å². The second-order valence-corrected chi connectivity index (χ2v) is 6.25. The van der Waals surface area contributed by atoms with Gasteiger partial charge >= 0.3 is 0 Å². The highest BCUT2D eigenvalue weighted by atomic mass is 79.9. The van der Waals surface area contributed by atoms with E-state index >= 15 is 0 Å². The number of carbonyl (C=O) groups is 1. The normalized spacial score (nSPS) is 10.6. The van der Waals surface area contributed by atoms with Crippen molar-refractivity contribution in [2.75, 3.05) is 19.5 Å². The zero-order valence-corrected chi connectivity index (χ0v) is 15.8. The van der Waals surface area contributed by atoms with Crippen LogP contribution in [0.2, 0.25) is 0 Å². The van der Waals surface area contributed by atoms with Crippen molar-refractivity contribution in [3.8, 4) is 11.5 Å². The highest BCUT2D eigenvalue weighted by molar-refractivity contribution is 9.11. The highest BCUT2D eigenvalue weighted by Gasteiger charge is 2.09. The summed E-state index contributed by atoms with van der Waals surface area (Å²) in [6.07, 6.45) is 3.17. The Hall–Kier alpha value is -1.79. The molecule has 1 amide bonds. The van der Waals surface area contributed by atoms with E-state index in [1.807, 2.05) is 30.3 Å². The molecule has 1 N–H and O–H groups in total. The van der Waals surface area contributed by atoms with Crippen molar-refractivity contribution < 1.29 is 14.3 Å². The molecule has 0 radical (unpaired) electrons. The maximum absolute atomic E-state index is 12.0. The van der Waals surface area contributed by atoms with Gasteiger partial charge in [-0.2, -0.15) is 0 Å². The van der Waals surface area contributed by atoms with Crippen molar-refractivity contribution in [2.45, 2.75) is 0 Å². The van der Waals surface area contributed by atoms with Gasteiger partial charge in [0.1, 0.15) is 0 Å². The van der Waals surface area contributed by atoms with Crippen molar-refractivity contribution in [3.05, 3.63) is 57.0 Å². The number of anilines is 1. The van der Waals surface area contributed by atoms with Gasteiger partial charge in [0.15, 0.2) is 11.5 Å². The van der Waals surface area contributed by atoms with Crippen LogP contribution in [0.1, 0.15) is 5.56 Å². The summed E-state index contributed by atoms with van der Waals surface area (Å²) >= 11 is 6.81. The van der Waals surface area contributed by atoms with Gasteiger partial charge in [0.2, 0.25) is 5.91 Å². The summed E-state index contributed by atoms with van der Waals surface area (Å²) in [7, 11) is 3.14. The van der Waals surface area contributed by atoms with E-state index in [-0.39, 0.29) is 5.91 Å². The number of carbonyl (C=O) groups excluding carboxylic acids is 1. The summed E-state index contributed by atoms with van der Waals surface area (Å²) in [4.78, 5) is 12.0. The average molecular weight is 441 g/mol. The fourth-order valence-corrected chi connectivity index (χ4v) is 2.95. The molecule has 2 aromatic rings. The first-order valence-electron chi connectivity index (χ1n) is 6.70. The van der Waals surface area contributed by atoms with Crippen LogP contribution in [0.3, 0.4) is 0 Å². The van der Waals surface area contributed by atoms with E-state index in [2.05, 4.69) is 37.2 Å². The second kappa shape index (κ2) is 8.17. The maximum Gasteiger partial charge on any atom is 0.248 e. The van der Waals surface area contributed by atoms with Gasteiger partial charge in [-0.1, -0.05) is 12.1 Å². The SMILES string of the molecule is COc1cc(C=CC(=O)Nc2ccccc2Br)cc(Br)c1OC. The van der Waals surface area contributed by atoms with E-state index in [1.54, 1.807) is 26.4 Å². The Morgan fingerprint density at radius 2 is 1.83 bits per heavy atom. The first-order chi connectivity index (χ1) is 11.0. The maximum atomic E-state index is 12.0. The summed E-state index contributed by atoms with van der Waals surface area (Å²) in [5.41, 5.74) is 1.53. The molecular formula is C17H15Br2NO3. The number of amides is 1. The van der Waals surface area contributed by atoms with Crippen LogP contribution >= 0.6 is 31.9 Å². The van der Waals surface area contributed by atoms with E-state index < -0.39 is 0 Å². The third-order valence-electron chi connectivity index (χ3n) is 3.01. The smallest absolute Gasteiger partial charge is 0.248 e. The molecular weight excluding hydrogens is 426 g/mol. The number of ether oxygens (including phenoxy) is 2. The van der Waals surface area contributed by atoms with Gasteiger partial charge in [0.05, 0.1) is 24.4 Å². The summed E-state index contributed by atoms with van der Waals surface area (Å²) in [5, 5.41) is 2.81. The fraction of sp³-hybridized carbons (Fsp3) is 0.118. The van der Waals surface area contributed by atoms with Crippen molar-refractivity contribution in [1.82, 2.24) is 0 Å². The molecule has 0 fully saturated rings. The minimum atomic E-state index is -0.220. The topological polar surface area (TPSA) is 47.6 Å². The Bertz CT molecular complexity index is 745. The van der Waals surface area contributed by atoms with Crippen LogP contribution in [-0.4, -0.2) is 20.1 Å². The lowest BCUT2D eigenvalue weighted by atomic mass is 10.2. The predicted octanol–water partition coefficient (Wildman–Crippen LogP) is 4.88. The Balaban J connectivity index is 2.15. The van der Waals surface area contributed by atoms with Crippen molar-refractivity contribution >= 4 is 49.5 Å². The van der Waals surface area contributed by atoms with Gasteiger partial charge < -0.3 is 14.8 Å². The first-order valence-corrected chi connectivity index (χ1v) is 8.29. The summed E-state index contributed by atoms with van der Waals surface area (Å²) in [6, 6.07) is 11.1. The summed E-state index contributed by atoms with van der Waals surface area (Å²) < 4.78 is 12.1. The molecule has 2 rings (SSSR count). The van der Waals surface area contributed by atoms with Crippen LogP contribution < -0.4 is 14.8 Å². The van der Waals surface area contributed by atoms with Crippen LogP contribution in [0.4, 0.5) is 5.69 Å². The van der Waals surface area contributed by atoms with Crippen LogP contribution in [-0.2, 0) is 4.79 Å². The van der Waals surface area contributed by atoms with E-state index in [9.17, 15) is 4.79 Å². The van der Waals surface area contributed by atoms with E-state index in [4.69, 9.17) is 9.47 Å². The molecule has 0 atom stereocenters. The summed E-state index contributed by atoms with van der Waals surface area (Å²) in [5.74, 6) is 0.984. The van der Waals surface area contributed by atoms with Gasteiger partial charge in [0, 0.05) is 10.5 Å². The number of methoxy groups -OCH3 is 2. The molecule has 4 nitrogen and oxygen atoms in total. The lowest BCUT2D eigenvalue weighted by Crippen LogP contribution is -2.08. The van der Waals surface area contributed by atoms with Crippen LogP contribution in [0, 0.1) is 0 Å². The van der Waals surface area contributed by atoms with E-state index in [0.29, 0.717) is 11.5 Å². The molecule has 0 aliphatic heterocycles. The second-order valence-electron chi connectivity index (χ2n) is 4.54. The fourth-order valence-electron chi connectivity index (χ4n) is 1.94. The summed E-state index contributed by atoms with van der Waals surface area (Å²) in [6.45, 7) is 0. The third-order valence-corrected chi connectivity index (χ3v) is 4.30. The Morgan fingerprint density at radius 3 is 2.48 bits per heavy atom.